The molecule has 10 aromatic rings. The van der Waals surface area contributed by atoms with Crippen LogP contribution in [-0.2, 0) is 71.4 Å². The first-order valence-corrected chi connectivity index (χ1v) is 43.1. The number of nitrogens with zero attached hydrogens (tertiary/aromatic N) is 2. The van der Waals surface area contributed by atoms with E-state index in [-0.39, 0.29) is 72.8 Å². The third-order valence-corrected chi connectivity index (χ3v) is 25.7. The van der Waals surface area contributed by atoms with Gasteiger partial charge in [0.15, 0.2) is 0 Å². The zero-order valence-corrected chi connectivity index (χ0v) is 75.5. The van der Waals surface area contributed by atoms with Crippen molar-refractivity contribution >= 4 is 43.6 Å². The summed E-state index contributed by atoms with van der Waals surface area (Å²) < 4.78 is 20.2. The van der Waals surface area contributed by atoms with E-state index in [1.807, 2.05) is 0 Å². The highest BCUT2D eigenvalue weighted by Gasteiger charge is 2.38. The first-order chi connectivity index (χ1) is 51.8. The quantitative estimate of drug-likeness (QED) is 0.0592. The van der Waals surface area contributed by atoms with Gasteiger partial charge in [0.2, 0.25) is 0 Å². The number of hydrogen-bond donors (Lipinski definition) is 2. The van der Waals surface area contributed by atoms with Crippen LogP contribution < -0.4 is 9.47 Å². The molecule has 2 aromatic heterocycles. The Labute approximate surface area is 677 Å². The van der Waals surface area contributed by atoms with Crippen molar-refractivity contribution in [1.29, 1.82) is 0 Å². The molecule has 2 heterocycles. The predicted molar refractivity (Wildman–Crippen MR) is 482 cm³/mol. The molecule has 0 spiro atoms. The summed E-state index contributed by atoms with van der Waals surface area (Å²) in [6.45, 7) is 71.9. The van der Waals surface area contributed by atoms with Crippen molar-refractivity contribution in [2.45, 2.75) is 337 Å². The lowest BCUT2D eigenvalue weighted by Crippen LogP contribution is -2.25. The van der Waals surface area contributed by atoms with E-state index in [0.29, 0.717) is 19.6 Å². The van der Waals surface area contributed by atoms with Crippen LogP contribution >= 0.6 is 0 Å². The number of rotatable bonds is 24. The molecule has 0 saturated heterocycles. The fourth-order valence-electron chi connectivity index (χ4n) is 22.0. The van der Waals surface area contributed by atoms with Gasteiger partial charge in [0.1, 0.15) is 11.5 Å². The van der Waals surface area contributed by atoms with E-state index in [9.17, 15) is 10.2 Å². The maximum atomic E-state index is 12.6. The molecule has 0 aliphatic heterocycles. The second-order valence-electron chi connectivity index (χ2n) is 45.1. The molecule has 602 valence electrons. The first-order valence-electron chi connectivity index (χ1n) is 43.1. The third kappa shape index (κ3) is 17.1. The highest BCUT2D eigenvalue weighted by molar-refractivity contribution is 6.11. The minimum atomic E-state index is -0.259. The fraction of sp³-hybridized carbons (Fsp3) is 0.547. The number of fused-ring (bicyclic) bond motifs is 8. The molecule has 12 rings (SSSR count). The Kier molecular flexibility index (Phi) is 22.5. The Hall–Kier alpha value is -7.12. The fourth-order valence-corrected chi connectivity index (χ4v) is 22.0. The highest BCUT2D eigenvalue weighted by atomic mass is 16.5. The molecule has 0 radical (unpaired) electrons. The maximum absolute atomic E-state index is 12.6. The molecule has 0 amide bonds. The lowest BCUT2D eigenvalue weighted by molar-refractivity contribution is 0.246. The molecule has 6 heteroatoms. The van der Waals surface area contributed by atoms with E-state index < -0.39 is 0 Å². The number of aryl methyl sites for hydroxylation is 2. The van der Waals surface area contributed by atoms with E-state index in [1.54, 1.807) is 0 Å². The van der Waals surface area contributed by atoms with Crippen LogP contribution in [0, 0.1) is 40.9 Å². The van der Waals surface area contributed by atoms with Gasteiger partial charge in [-0.15, -0.1) is 0 Å². The van der Waals surface area contributed by atoms with Gasteiger partial charge in [-0.25, -0.2) is 0 Å². The van der Waals surface area contributed by atoms with E-state index in [0.717, 1.165) is 139 Å². The molecule has 0 saturated carbocycles. The maximum Gasteiger partial charge on any atom is 0.130 e. The van der Waals surface area contributed by atoms with Crippen LogP contribution in [0.5, 0.6) is 11.5 Å². The first kappa shape index (κ1) is 84.3. The lowest BCUT2D eigenvalue weighted by Gasteiger charge is -2.35. The van der Waals surface area contributed by atoms with Crippen molar-refractivity contribution in [3.8, 4) is 45.1 Å². The summed E-state index contributed by atoms with van der Waals surface area (Å²) in [6, 6.07) is 43.6. The van der Waals surface area contributed by atoms with Crippen molar-refractivity contribution in [2.75, 3.05) is 13.2 Å². The second-order valence-corrected chi connectivity index (χ2v) is 45.1. The number of aliphatic hydroxyl groups excluding tert-OH is 2. The number of aromatic nitrogens is 2. The van der Waals surface area contributed by atoms with Crippen molar-refractivity contribution in [3.05, 3.63) is 187 Å². The van der Waals surface area contributed by atoms with E-state index >= 15 is 0 Å². The molecular weight excluding hydrogens is 1370 g/mol. The van der Waals surface area contributed by atoms with Crippen LogP contribution in [0.25, 0.3) is 77.2 Å². The van der Waals surface area contributed by atoms with Gasteiger partial charge in [-0.2, -0.15) is 0 Å². The topological polar surface area (TPSA) is 68.8 Å². The summed E-state index contributed by atoms with van der Waals surface area (Å²) in [5.41, 5.74) is 27.9. The Morgan fingerprint density at radius 3 is 0.848 bits per heavy atom. The van der Waals surface area contributed by atoms with Gasteiger partial charge in [-0.1, -0.05) is 242 Å². The predicted octanol–water partition coefficient (Wildman–Crippen LogP) is 28.9. The Morgan fingerprint density at radius 1 is 0.312 bits per heavy atom. The molecule has 8 aromatic carbocycles. The lowest BCUT2D eigenvalue weighted by atomic mass is 9.71. The SMILES string of the molecule is CCC(C)(C)c1ccc2c3ccc(C(C)(C)CC(C)(C)C)cc3n(-c3cc(C(C)(C)CC(C)(C)C)cc(-c4cc(C)c5c(c4OCCCOc4c(-c6cc(C(C)(C)CC(C)(C)C)cc(-n7c8cc(C(C)(C)CC(C)(C)C)ccc8c8ccc(C(C)(C)CC(C)(C)C)cc87)c6CO)cc(C)c6c4CCC6)CCC5)c3CO)c2c1. The van der Waals surface area contributed by atoms with Crippen molar-refractivity contribution in [3.63, 3.8) is 0 Å². The molecule has 0 fully saturated rings. The normalized spacial score (nSPS) is 14.6. The molecule has 6 nitrogen and oxygen atoms in total. The van der Waals surface area contributed by atoms with Crippen LogP contribution in [0.4, 0.5) is 0 Å². The van der Waals surface area contributed by atoms with Gasteiger partial charge in [0, 0.05) is 50.2 Å². The Bertz CT molecular complexity index is 5130. The van der Waals surface area contributed by atoms with Crippen LogP contribution in [0.1, 0.15) is 330 Å². The minimum Gasteiger partial charge on any atom is -0.493 e. The Balaban J connectivity index is 1.01. The number of hydrogen-bond acceptors (Lipinski definition) is 4. The molecule has 112 heavy (non-hydrogen) atoms. The van der Waals surface area contributed by atoms with Gasteiger partial charge in [-0.05, 0) is 289 Å². The summed E-state index contributed by atoms with van der Waals surface area (Å²) in [4.78, 5) is 0. The molecule has 0 bridgehead atoms. The average Bonchev–Trinajstić information content (AvgIpc) is 1.53. The van der Waals surface area contributed by atoms with Crippen molar-refractivity contribution in [2.24, 2.45) is 27.1 Å². The summed E-state index contributed by atoms with van der Waals surface area (Å²) >= 11 is 0. The number of benzene rings is 8. The molecule has 0 unspecified atom stereocenters. The van der Waals surface area contributed by atoms with E-state index in [2.05, 4.69) is 326 Å². The Morgan fingerprint density at radius 2 is 0.580 bits per heavy atom. The average molecular weight is 1510 g/mol. The zero-order chi connectivity index (χ0) is 82.1. The van der Waals surface area contributed by atoms with Crippen LogP contribution in [0.2, 0.25) is 0 Å². The van der Waals surface area contributed by atoms with E-state index in [4.69, 9.17) is 9.47 Å². The van der Waals surface area contributed by atoms with Crippen molar-refractivity contribution in [1.82, 2.24) is 9.13 Å². The standard InChI is InChI=1S/C106H144N2O4/c1-31-101(19,20)68-39-43-76-77-44-40-69(102(21,22)61-96(4,5)6)54-89(77)107(88(76)53-68)92-57-72(105(27,28)64-99(13,14)15)51-82(86(92)59-109)84-49-66(2)74-35-32-37-80(74)94(84)111-47-34-48-112-95-81-38-33-36-75(81)67(3)50-85(95)83-52-73(106(29,30)65-100(16,17)18)58-93(87(83)60-110)108-90-55-70(103(23,24)62-97(7,8)9)41-45-78(90)79-46-42-71(56-91(79)108)104(25,26)63-98(10,11)12/h39-46,49-58,109-110H,31-38,47-48,59-65H2,1-30H3. The molecular formula is C106H144N2O4. The molecule has 2 N–H and O–H groups in total. The second kappa shape index (κ2) is 29.9. The van der Waals surface area contributed by atoms with Gasteiger partial charge in [0.05, 0.1) is 59.9 Å². The monoisotopic (exact) mass is 1510 g/mol. The molecule has 2 aliphatic rings. The van der Waals surface area contributed by atoms with Crippen LogP contribution in [-0.4, -0.2) is 32.6 Å². The summed E-state index contributed by atoms with van der Waals surface area (Å²) in [5.74, 6) is 1.88. The smallest absolute Gasteiger partial charge is 0.130 e. The van der Waals surface area contributed by atoms with Crippen molar-refractivity contribution < 1.29 is 19.7 Å². The summed E-state index contributed by atoms with van der Waals surface area (Å²) in [5, 5.41) is 30.0. The van der Waals surface area contributed by atoms with Crippen LogP contribution in [0.3, 0.4) is 0 Å². The van der Waals surface area contributed by atoms with Gasteiger partial charge in [-0.3, -0.25) is 0 Å². The molecule has 2 aliphatic carbocycles. The molecule has 0 atom stereocenters. The van der Waals surface area contributed by atoms with Crippen LogP contribution in [0.15, 0.2) is 109 Å². The summed E-state index contributed by atoms with van der Waals surface area (Å²) in [6.07, 6.45) is 12.7. The van der Waals surface area contributed by atoms with Gasteiger partial charge >= 0.3 is 0 Å². The van der Waals surface area contributed by atoms with Gasteiger partial charge in [0.25, 0.3) is 0 Å². The third-order valence-electron chi connectivity index (χ3n) is 25.7. The number of aliphatic hydroxyl groups is 2. The van der Waals surface area contributed by atoms with Gasteiger partial charge < -0.3 is 28.8 Å². The zero-order valence-electron chi connectivity index (χ0n) is 75.5. The summed E-state index contributed by atoms with van der Waals surface area (Å²) in [7, 11) is 0. The highest BCUT2D eigenvalue weighted by Crippen LogP contribution is 2.53. The largest absolute Gasteiger partial charge is 0.493 e. The minimum absolute atomic E-state index is 0.0303. The van der Waals surface area contributed by atoms with E-state index in [1.165, 1.54) is 105 Å². The number of ether oxygens (including phenoxy) is 2.